The average Bonchev–Trinajstić information content (AvgIpc) is 2.16. The topological polar surface area (TPSA) is 17.1 Å². The molecular formula is C10H10F2O. The Labute approximate surface area is 75.4 Å². The molecular weight excluding hydrogens is 174 g/mol. The zero-order valence-corrected chi connectivity index (χ0v) is 7.26. The number of aryl methyl sites for hydroxylation is 1. The van der Waals surface area contributed by atoms with Crippen LogP contribution in [0.25, 0.3) is 0 Å². The molecule has 0 saturated carbocycles. The SMILES string of the molecule is CCc1ccccc1C(=O)C(F)F. The normalized spacial score (nSPS) is 10.5. The molecule has 0 aromatic heterocycles. The van der Waals surface area contributed by atoms with Crippen molar-refractivity contribution in [3.05, 3.63) is 35.4 Å². The van der Waals surface area contributed by atoms with Gasteiger partial charge in [-0.3, -0.25) is 4.79 Å². The summed E-state index contributed by atoms with van der Waals surface area (Å²) in [5.41, 5.74) is 0.813. The summed E-state index contributed by atoms with van der Waals surface area (Å²) in [6.45, 7) is 1.83. The van der Waals surface area contributed by atoms with Gasteiger partial charge in [0, 0.05) is 5.56 Å². The van der Waals surface area contributed by atoms with Gasteiger partial charge in [-0.25, -0.2) is 8.78 Å². The predicted octanol–water partition coefficient (Wildman–Crippen LogP) is 2.70. The van der Waals surface area contributed by atoms with Gasteiger partial charge in [-0.15, -0.1) is 0 Å². The third kappa shape index (κ3) is 2.11. The van der Waals surface area contributed by atoms with Gasteiger partial charge in [0.2, 0.25) is 5.78 Å². The molecule has 1 aromatic rings. The van der Waals surface area contributed by atoms with Crippen molar-refractivity contribution >= 4 is 5.78 Å². The molecule has 0 aliphatic heterocycles. The molecule has 13 heavy (non-hydrogen) atoms. The lowest BCUT2D eigenvalue weighted by atomic mass is 10.0. The maximum absolute atomic E-state index is 12.1. The lowest BCUT2D eigenvalue weighted by Gasteiger charge is -2.04. The van der Waals surface area contributed by atoms with E-state index in [-0.39, 0.29) is 5.56 Å². The smallest absolute Gasteiger partial charge is 0.288 e. The predicted molar refractivity (Wildman–Crippen MR) is 46.2 cm³/mol. The van der Waals surface area contributed by atoms with Crippen LogP contribution in [0.1, 0.15) is 22.8 Å². The Kier molecular flexibility index (Phi) is 3.12. The molecule has 70 valence electrons. The molecule has 0 spiro atoms. The third-order valence-electron chi connectivity index (χ3n) is 1.86. The molecule has 0 unspecified atom stereocenters. The first-order valence-corrected chi connectivity index (χ1v) is 4.07. The lowest BCUT2D eigenvalue weighted by molar-refractivity contribution is 0.0677. The molecule has 0 atom stereocenters. The molecule has 1 nitrogen and oxygen atoms in total. The number of ketones is 1. The van der Waals surface area contributed by atoms with Gasteiger partial charge in [0.15, 0.2) is 0 Å². The summed E-state index contributed by atoms with van der Waals surface area (Å²) >= 11 is 0. The monoisotopic (exact) mass is 184 g/mol. The molecule has 0 bridgehead atoms. The molecule has 3 heteroatoms. The minimum atomic E-state index is -2.91. The van der Waals surface area contributed by atoms with Crippen LogP contribution in [0, 0.1) is 0 Å². The number of hydrogen-bond donors (Lipinski definition) is 0. The van der Waals surface area contributed by atoms with Crippen LogP contribution in [0.15, 0.2) is 24.3 Å². The van der Waals surface area contributed by atoms with Crippen molar-refractivity contribution in [3.63, 3.8) is 0 Å². The van der Waals surface area contributed by atoms with E-state index in [0.29, 0.717) is 12.0 Å². The molecule has 0 fully saturated rings. The fourth-order valence-corrected chi connectivity index (χ4v) is 1.19. The number of carbonyl (C=O) groups excluding carboxylic acids is 1. The fourth-order valence-electron chi connectivity index (χ4n) is 1.19. The summed E-state index contributed by atoms with van der Waals surface area (Å²) in [7, 11) is 0. The summed E-state index contributed by atoms with van der Waals surface area (Å²) in [5, 5.41) is 0. The maximum atomic E-state index is 12.1. The Morgan fingerprint density at radius 1 is 1.38 bits per heavy atom. The minimum absolute atomic E-state index is 0.139. The molecule has 0 aliphatic rings. The van der Waals surface area contributed by atoms with E-state index in [0.717, 1.165) is 0 Å². The first kappa shape index (κ1) is 9.84. The zero-order valence-electron chi connectivity index (χ0n) is 7.26. The number of Topliss-reactive ketones (excluding diaryl/α,β-unsaturated/α-hetero) is 1. The van der Waals surface area contributed by atoms with Crippen molar-refractivity contribution in [1.29, 1.82) is 0 Å². The van der Waals surface area contributed by atoms with E-state index < -0.39 is 12.2 Å². The first-order chi connectivity index (χ1) is 6.16. The molecule has 1 rings (SSSR count). The zero-order chi connectivity index (χ0) is 9.84. The molecule has 0 saturated heterocycles. The van der Waals surface area contributed by atoms with Crippen LogP contribution < -0.4 is 0 Å². The molecule has 1 aromatic carbocycles. The number of halogens is 2. The number of carbonyl (C=O) groups is 1. The van der Waals surface area contributed by atoms with Crippen LogP contribution in [-0.4, -0.2) is 12.2 Å². The van der Waals surface area contributed by atoms with E-state index in [4.69, 9.17) is 0 Å². The van der Waals surface area contributed by atoms with E-state index in [1.54, 1.807) is 18.2 Å². The number of alkyl halides is 2. The Morgan fingerprint density at radius 2 is 2.00 bits per heavy atom. The average molecular weight is 184 g/mol. The fraction of sp³-hybridized carbons (Fsp3) is 0.300. The summed E-state index contributed by atoms with van der Waals surface area (Å²) < 4.78 is 24.2. The van der Waals surface area contributed by atoms with E-state index in [2.05, 4.69) is 0 Å². The van der Waals surface area contributed by atoms with Gasteiger partial charge in [0.25, 0.3) is 0 Å². The molecule has 0 N–H and O–H groups in total. The van der Waals surface area contributed by atoms with Gasteiger partial charge in [0.1, 0.15) is 0 Å². The highest BCUT2D eigenvalue weighted by atomic mass is 19.3. The number of rotatable bonds is 3. The Bertz CT molecular complexity index is 308. The second-order valence-electron chi connectivity index (χ2n) is 2.68. The Balaban J connectivity index is 3.06. The summed E-state index contributed by atoms with van der Waals surface area (Å²) in [5.74, 6) is -1.09. The highest BCUT2D eigenvalue weighted by molar-refractivity contribution is 5.99. The van der Waals surface area contributed by atoms with Crippen LogP contribution in [-0.2, 0) is 6.42 Å². The highest BCUT2D eigenvalue weighted by Gasteiger charge is 2.19. The van der Waals surface area contributed by atoms with Gasteiger partial charge < -0.3 is 0 Å². The molecule has 0 amide bonds. The van der Waals surface area contributed by atoms with E-state index in [9.17, 15) is 13.6 Å². The van der Waals surface area contributed by atoms with Crippen LogP contribution in [0.2, 0.25) is 0 Å². The number of benzene rings is 1. The van der Waals surface area contributed by atoms with Gasteiger partial charge in [-0.1, -0.05) is 31.2 Å². The maximum Gasteiger partial charge on any atom is 0.300 e. The second kappa shape index (κ2) is 4.12. The van der Waals surface area contributed by atoms with Crippen molar-refractivity contribution in [1.82, 2.24) is 0 Å². The quantitative estimate of drug-likeness (QED) is 0.660. The van der Waals surface area contributed by atoms with E-state index >= 15 is 0 Å². The first-order valence-electron chi connectivity index (χ1n) is 4.07. The highest BCUT2D eigenvalue weighted by Crippen LogP contribution is 2.13. The van der Waals surface area contributed by atoms with Crippen molar-refractivity contribution < 1.29 is 13.6 Å². The summed E-state index contributed by atoms with van der Waals surface area (Å²) in [6.07, 6.45) is -2.32. The van der Waals surface area contributed by atoms with E-state index in [1.807, 2.05) is 6.92 Å². The van der Waals surface area contributed by atoms with Crippen LogP contribution in [0.4, 0.5) is 8.78 Å². The summed E-state index contributed by atoms with van der Waals surface area (Å²) in [4.78, 5) is 11.0. The van der Waals surface area contributed by atoms with Crippen LogP contribution in [0.5, 0.6) is 0 Å². The van der Waals surface area contributed by atoms with Gasteiger partial charge in [0.05, 0.1) is 0 Å². The van der Waals surface area contributed by atoms with Gasteiger partial charge in [-0.05, 0) is 12.0 Å². The van der Waals surface area contributed by atoms with Crippen molar-refractivity contribution in [2.24, 2.45) is 0 Å². The molecule has 0 radical (unpaired) electrons. The minimum Gasteiger partial charge on any atom is -0.288 e. The van der Waals surface area contributed by atoms with Crippen LogP contribution in [0.3, 0.4) is 0 Å². The largest absolute Gasteiger partial charge is 0.300 e. The van der Waals surface area contributed by atoms with Crippen molar-refractivity contribution in [3.8, 4) is 0 Å². The van der Waals surface area contributed by atoms with Gasteiger partial charge in [-0.2, -0.15) is 0 Å². The molecule has 0 heterocycles. The van der Waals surface area contributed by atoms with Crippen molar-refractivity contribution in [2.75, 3.05) is 0 Å². The Morgan fingerprint density at radius 3 is 2.54 bits per heavy atom. The van der Waals surface area contributed by atoms with Gasteiger partial charge >= 0.3 is 6.43 Å². The third-order valence-corrected chi connectivity index (χ3v) is 1.86. The van der Waals surface area contributed by atoms with Crippen molar-refractivity contribution in [2.45, 2.75) is 19.8 Å². The number of hydrogen-bond acceptors (Lipinski definition) is 1. The summed E-state index contributed by atoms with van der Waals surface area (Å²) in [6, 6.07) is 6.46. The standard InChI is InChI=1S/C10H10F2O/c1-2-7-5-3-4-6-8(7)9(13)10(11)12/h3-6,10H,2H2,1H3. The van der Waals surface area contributed by atoms with E-state index in [1.165, 1.54) is 6.07 Å². The Hall–Kier alpha value is -1.25. The lowest BCUT2D eigenvalue weighted by Crippen LogP contribution is -2.12. The molecule has 0 aliphatic carbocycles. The second-order valence-corrected chi connectivity index (χ2v) is 2.68. The van der Waals surface area contributed by atoms with Crippen LogP contribution >= 0.6 is 0 Å².